The van der Waals surface area contributed by atoms with Crippen LogP contribution in [0.15, 0.2) is 12.2 Å². The van der Waals surface area contributed by atoms with Crippen molar-refractivity contribution in [2.45, 2.75) is 6.92 Å². The first kappa shape index (κ1) is 12.3. The third-order valence-electron chi connectivity index (χ3n) is 1.03. The third kappa shape index (κ3) is 7.67. The first-order chi connectivity index (χ1) is 5.83. The lowest BCUT2D eigenvalue weighted by molar-refractivity contribution is -0.117. The fourth-order valence-electron chi connectivity index (χ4n) is 0.480. The molecule has 0 spiro atoms. The minimum Gasteiger partial charge on any atom is -0.350 e. The molecule has 0 radical (unpaired) electrons. The van der Waals surface area contributed by atoms with Crippen LogP contribution in [0.25, 0.3) is 0 Å². The normalized spacial score (nSPS) is 11.0. The Morgan fingerprint density at radius 2 is 2.15 bits per heavy atom. The zero-order chi connectivity index (χ0) is 10.5. The summed E-state index contributed by atoms with van der Waals surface area (Å²) < 4.78 is 14.2. The molecule has 76 valence electrons. The number of phosphoric acid groups is 1. The van der Waals surface area contributed by atoms with Crippen LogP contribution >= 0.6 is 7.82 Å². The van der Waals surface area contributed by atoms with Crippen molar-refractivity contribution in [3.05, 3.63) is 12.2 Å². The van der Waals surface area contributed by atoms with E-state index in [1.54, 1.807) is 0 Å². The van der Waals surface area contributed by atoms with Gasteiger partial charge < -0.3 is 15.1 Å². The number of hydrogen-bond acceptors (Lipinski definition) is 3. The van der Waals surface area contributed by atoms with E-state index < -0.39 is 7.82 Å². The predicted molar refractivity (Wildman–Crippen MR) is 45.8 cm³/mol. The van der Waals surface area contributed by atoms with E-state index in [0.717, 1.165) is 0 Å². The minimum absolute atomic E-state index is 0.0385. The molecule has 0 saturated carbocycles. The molecule has 1 amide bonds. The lowest BCUT2D eigenvalue weighted by atomic mass is 10.3. The van der Waals surface area contributed by atoms with Gasteiger partial charge in [0.25, 0.3) is 0 Å². The summed E-state index contributed by atoms with van der Waals surface area (Å²) in [5.74, 6) is -0.366. The Labute approximate surface area is 75.8 Å². The summed E-state index contributed by atoms with van der Waals surface area (Å²) >= 11 is 0. The fourth-order valence-corrected chi connectivity index (χ4v) is 0.809. The van der Waals surface area contributed by atoms with Gasteiger partial charge in [-0.1, -0.05) is 6.58 Å². The van der Waals surface area contributed by atoms with Gasteiger partial charge in [0.15, 0.2) is 0 Å². The summed E-state index contributed by atoms with van der Waals surface area (Å²) in [6, 6.07) is 0. The van der Waals surface area contributed by atoms with Gasteiger partial charge in [0, 0.05) is 12.1 Å². The average Bonchev–Trinajstić information content (AvgIpc) is 1.95. The van der Waals surface area contributed by atoms with Crippen LogP contribution in [-0.4, -0.2) is 28.8 Å². The van der Waals surface area contributed by atoms with Crippen molar-refractivity contribution >= 4 is 13.7 Å². The summed E-state index contributed by atoms with van der Waals surface area (Å²) in [4.78, 5) is 27.3. The Hall–Kier alpha value is -0.680. The monoisotopic (exact) mass is 209 g/mol. The second-order valence-corrected chi connectivity index (χ2v) is 3.60. The van der Waals surface area contributed by atoms with Crippen molar-refractivity contribution in [1.82, 2.24) is 5.32 Å². The first-order valence-corrected chi connectivity index (χ1v) is 5.00. The molecule has 0 atom stereocenters. The number of nitrogens with one attached hydrogen (secondary N) is 1. The Bertz CT molecular complexity index is 245. The van der Waals surface area contributed by atoms with Crippen molar-refractivity contribution in [2.24, 2.45) is 0 Å². The van der Waals surface area contributed by atoms with E-state index in [-0.39, 0.29) is 19.1 Å². The van der Waals surface area contributed by atoms with Crippen LogP contribution in [0.5, 0.6) is 0 Å². The Morgan fingerprint density at radius 1 is 1.62 bits per heavy atom. The standard InChI is InChI=1S/C6H12NO5P/c1-5(2)6(8)7-3-4-12-13(9,10)11/h1,3-4H2,2H3,(H,7,8)(H2,9,10,11). The van der Waals surface area contributed by atoms with Gasteiger partial charge in [0.2, 0.25) is 5.91 Å². The number of phosphoric ester groups is 1. The molecular weight excluding hydrogens is 197 g/mol. The molecule has 0 aromatic rings. The molecule has 0 rings (SSSR count). The number of hydrogen-bond donors (Lipinski definition) is 3. The molecule has 0 fully saturated rings. The van der Waals surface area contributed by atoms with E-state index in [1.807, 2.05) is 0 Å². The highest BCUT2D eigenvalue weighted by atomic mass is 31.2. The maximum Gasteiger partial charge on any atom is 0.469 e. The highest BCUT2D eigenvalue weighted by molar-refractivity contribution is 7.46. The van der Waals surface area contributed by atoms with Crippen molar-refractivity contribution < 1.29 is 23.7 Å². The van der Waals surface area contributed by atoms with Gasteiger partial charge >= 0.3 is 7.82 Å². The number of carbonyl (C=O) groups excluding carboxylic acids is 1. The average molecular weight is 209 g/mol. The lowest BCUT2D eigenvalue weighted by Gasteiger charge is -2.06. The van der Waals surface area contributed by atoms with Crippen LogP contribution in [0.1, 0.15) is 6.92 Å². The molecular formula is C6H12NO5P. The summed E-state index contributed by atoms with van der Waals surface area (Å²) in [6.45, 7) is 4.71. The topological polar surface area (TPSA) is 95.9 Å². The maximum absolute atomic E-state index is 10.8. The van der Waals surface area contributed by atoms with E-state index in [4.69, 9.17) is 9.79 Å². The van der Waals surface area contributed by atoms with Gasteiger partial charge in [-0.3, -0.25) is 9.32 Å². The summed E-state index contributed by atoms with van der Waals surface area (Å²) in [7, 11) is -4.42. The summed E-state index contributed by atoms with van der Waals surface area (Å²) in [6.07, 6.45) is 0. The number of rotatable bonds is 5. The largest absolute Gasteiger partial charge is 0.469 e. The van der Waals surface area contributed by atoms with Crippen molar-refractivity contribution in [3.8, 4) is 0 Å². The van der Waals surface area contributed by atoms with E-state index in [1.165, 1.54) is 6.92 Å². The Morgan fingerprint density at radius 3 is 2.54 bits per heavy atom. The molecule has 0 heterocycles. The van der Waals surface area contributed by atoms with Crippen LogP contribution in [0, 0.1) is 0 Å². The molecule has 0 aliphatic rings. The number of amides is 1. The van der Waals surface area contributed by atoms with Crippen molar-refractivity contribution in [1.29, 1.82) is 0 Å². The smallest absolute Gasteiger partial charge is 0.350 e. The van der Waals surface area contributed by atoms with Gasteiger partial charge in [-0.2, -0.15) is 0 Å². The molecule has 0 aromatic heterocycles. The third-order valence-corrected chi connectivity index (χ3v) is 1.55. The molecule has 0 saturated heterocycles. The zero-order valence-electron chi connectivity index (χ0n) is 7.19. The number of carbonyl (C=O) groups is 1. The molecule has 0 aliphatic heterocycles. The molecule has 7 heteroatoms. The van der Waals surface area contributed by atoms with Crippen LogP contribution in [-0.2, 0) is 13.9 Å². The van der Waals surface area contributed by atoms with E-state index in [0.29, 0.717) is 5.57 Å². The first-order valence-electron chi connectivity index (χ1n) is 3.47. The van der Waals surface area contributed by atoms with Gasteiger partial charge in [-0.05, 0) is 6.92 Å². The van der Waals surface area contributed by atoms with E-state index in [2.05, 4.69) is 16.4 Å². The summed E-state index contributed by atoms with van der Waals surface area (Å²) in [5, 5.41) is 2.35. The summed E-state index contributed by atoms with van der Waals surface area (Å²) in [5.41, 5.74) is 0.330. The molecule has 3 N–H and O–H groups in total. The van der Waals surface area contributed by atoms with Gasteiger partial charge in [0.05, 0.1) is 6.61 Å². The molecule has 0 bridgehead atoms. The second kappa shape index (κ2) is 5.14. The van der Waals surface area contributed by atoms with E-state index in [9.17, 15) is 9.36 Å². The zero-order valence-corrected chi connectivity index (χ0v) is 8.08. The van der Waals surface area contributed by atoms with Crippen LogP contribution in [0.2, 0.25) is 0 Å². The van der Waals surface area contributed by atoms with Crippen LogP contribution in [0.3, 0.4) is 0 Å². The maximum atomic E-state index is 10.8. The van der Waals surface area contributed by atoms with Gasteiger partial charge in [-0.15, -0.1) is 0 Å². The van der Waals surface area contributed by atoms with Crippen LogP contribution < -0.4 is 5.32 Å². The van der Waals surface area contributed by atoms with Crippen molar-refractivity contribution in [2.75, 3.05) is 13.2 Å². The van der Waals surface area contributed by atoms with Crippen molar-refractivity contribution in [3.63, 3.8) is 0 Å². The fraction of sp³-hybridized carbons (Fsp3) is 0.500. The molecule has 0 aromatic carbocycles. The molecule has 6 nitrogen and oxygen atoms in total. The van der Waals surface area contributed by atoms with Gasteiger partial charge in [-0.25, -0.2) is 4.57 Å². The Balaban J connectivity index is 3.53. The second-order valence-electron chi connectivity index (χ2n) is 2.36. The lowest BCUT2D eigenvalue weighted by Crippen LogP contribution is -2.27. The van der Waals surface area contributed by atoms with Crippen LogP contribution in [0.4, 0.5) is 0 Å². The van der Waals surface area contributed by atoms with Gasteiger partial charge in [0.1, 0.15) is 0 Å². The quantitative estimate of drug-likeness (QED) is 0.330. The highest BCUT2D eigenvalue weighted by Gasteiger charge is 2.12. The highest BCUT2D eigenvalue weighted by Crippen LogP contribution is 2.34. The van der Waals surface area contributed by atoms with E-state index >= 15 is 0 Å². The molecule has 13 heavy (non-hydrogen) atoms. The minimum atomic E-state index is -4.42. The molecule has 0 aliphatic carbocycles. The predicted octanol–water partition coefficient (Wildman–Crippen LogP) is -0.212. The Kier molecular flexibility index (Phi) is 4.87. The SMILES string of the molecule is C=C(C)C(=O)NCCOP(=O)(O)O. The molecule has 0 unspecified atom stereocenters.